The Labute approximate surface area is 138 Å². The van der Waals surface area contributed by atoms with Gasteiger partial charge in [-0.15, -0.1) is 11.8 Å². The first-order valence-corrected chi connectivity index (χ1v) is 9.02. The van der Waals surface area contributed by atoms with E-state index < -0.39 is 0 Å². The summed E-state index contributed by atoms with van der Waals surface area (Å²) < 4.78 is 0. The normalized spacial score (nSPS) is 18.3. The van der Waals surface area contributed by atoms with E-state index in [1.54, 1.807) is 11.8 Å². The van der Waals surface area contributed by atoms with Crippen LogP contribution in [0.2, 0.25) is 0 Å². The quantitative estimate of drug-likeness (QED) is 0.771. The van der Waals surface area contributed by atoms with E-state index in [1.807, 2.05) is 19.0 Å². The zero-order valence-electron chi connectivity index (χ0n) is 14.1. The Morgan fingerprint density at radius 2 is 1.82 bits per heavy atom. The van der Waals surface area contributed by atoms with Crippen LogP contribution in [0.1, 0.15) is 24.8 Å². The maximum Gasteiger partial charge on any atom is 0.233 e. The van der Waals surface area contributed by atoms with Crippen LogP contribution in [-0.2, 0) is 4.79 Å². The molecule has 1 aliphatic heterocycles. The number of benzene rings is 1. The Balaban J connectivity index is 2.10. The lowest BCUT2D eigenvalue weighted by atomic mass is 10.1. The van der Waals surface area contributed by atoms with Crippen LogP contribution in [0.5, 0.6) is 0 Å². The fourth-order valence-electron chi connectivity index (χ4n) is 2.72. The summed E-state index contributed by atoms with van der Waals surface area (Å²) in [5.41, 5.74) is 2.48. The molecule has 0 aromatic heterocycles. The SMILES string of the molecule is CCN(CC)c1ccc(C2SCC(=O)N2CCN(C)C)cc1. The minimum Gasteiger partial charge on any atom is -0.372 e. The van der Waals surface area contributed by atoms with Gasteiger partial charge in [0.25, 0.3) is 0 Å². The molecule has 5 heteroatoms. The van der Waals surface area contributed by atoms with E-state index in [4.69, 9.17) is 0 Å². The monoisotopic (exact) mass is 321 g/mol. The Kier molecular flexibility index (Phi) is 6.15. The van der Waals surface area contributed by atoms with Crippen molar-refractivity contribution in [3.8, 4) is 0 Å². The standard InChI is InChI=1S/C17H27N3OS/c1-5-19(6-2)15-9-7-14(8-10-15)17-20(12-11-18(3)4)16(21)13-22-17/h7-10,17H,5-6,11-13H2,1-4H3. The molecule has 4 nitrogen and oxygen atoms in total. The molecule has 0 spiro atoms. The number of hydrogen-bond donors (Lipinski definition) is 0. The van der Waals surface area contributed by atoms with Crippen molar-refractivity contribution in [2.45, 2.75) is 19.2 Å². The van der Waals surface area contributed by atoms with Crippen molar-refractivity contribution in [1.82, 2.24) is 9.80 Å². The van der Waals surface area contributed by atoms with Gasteiger partial charge in [0.05, 0.1) is 5.75 Å². The lowest BCUT2D eigenvalue weighted by molar-refractivity contribution is -0.128. The van der Waals surface area contributed by atoms with Crippen LogP contribution in [0, 0.1) is 0 Å². The molecule has 1 heterocycles. The molecule has 1 unspecified atom stereocenters. The summed E-state index contributed by atoms with van der Waals surface area (Å²) in [5.74, 6) is 0.847. The molecule has 0 saturated carbocycles. The highest BCUT2D eigenvalue weighted by Gasteiger charge is 2.32. The van der Waals surface area contributed by atoms with Gasteiger partial charge in [-0.2, -0.15) is 0 Å². The summed E-state index contributed by atoms with van der Waals surface area (Å²) in [6.07, 6.45) is 0. The van der Waals surface area contributed by atoms with Crippen molar-refractivity contribution in [2.24, 2.45) is 0 Å². The summed E-state index contributed by atoms with van der Waals surface area (Å²) in [6.45, 7) is 8.07. The van der Waals surface area contributed by atoms with Crippen molar-refractivity contribution >= 4 is 23.4 Å². The van der Waals surface area contributed by atoms with Crippen molar-refractivity contribution in [3.05, 3.63) is 29.8 Å². The van der Waals surface area contributed by atoms with Crippen molar-refractivity contribution in [3.63, 3.8) is 0 Å². The van der Waals surface area contributed by atoms with E-state index in [0.717, 1.165) is 26.2 Å². The van der Waals surface area contributed by atoms with Crippen molar-refractivity contribution in [1.29, 1.82) is 0 Å². The summed E-state index contributed by atoms with van der Waals surface area (Å²) >= 11 is 1.73. The van der Waals surface area contributed by atoms with Gasteiger partial charge in [-0.1, -0.05) is 12.1 Å². The fourth-order valence-corrected chi connectivity index (χ4v) is 3.94. The molecule has 22 heavy (non-hydrogen) atoms. The lowest BCUT2D eigenvalue weighted by Gasteiger charge is -2.26. The summed E-state index contributed by atoms with van der Waals surface area (Å²) in [6, 6.07) is 8.70. The highest BCUT2D eigenvalue weighted by atomic mass is 32.2. The molecule has 2 rings (SSSR count). The lowest BCUT2D eigenvalue weighted by Crippen LogP contribution is -2.34. The predicted octanol–water partition coefficient (Wildman–Crippen LogP) is 2.67. The third kappa shape index (κ3) is 3.96. The molecule has 0 aliphatic carbocycles. The van der Waals surface area contributed by atoms with E-state index in [9.17, 15) is 4.79 Å². The predicted molar refractivity (Wildman–Crippen MR) is 95.5 cm³/mol. The van der Waals surface area contributed by atoms with Crippen LogP contribution in [-0.4, -0.2) is 61.7 Å². The molecule has 1 aliphatic rings. The van der Waals surface area contributed by atoms with Gasteiger partial charge in [0.1, 0.15) is 5.37 Å². The molecule has 1 aromatic rings. The van der Waals surface area contributed by atoms with Crippen LogP contribution < -0.4 is 4.90 Å². The molecule has 0 radical (unpaired) electrons. The van der Waals surface area contributed by atoms with Crippen LogP contribution in [0.25, 0.3) is 0 Å². The van der Waals surface area contributed by atoms with Gasteiger partial charge in [-0.3, -0.25) is 4.79 Å². The fraction of sp³-hybridized carbons (Fsp3) is 0.588. The number of hydrogen-bond acceptors (Lipinski definition) is 4. The Hall–Kier alpha value is -1.20. The number of carbonyl (C=O) groups excluding carboxylic acids is 1. The first-order chi connectivity index (χ1) is 10.6. The maximum atomic E-state index is 12.1. The number of rotatable bonds is 7. The van der Waals surface area contributed by atoms with Crippen LogP contribution >= 0.6 is 11.8 Å². The molecule has 0 N–H and O–H groups in total. The Bertz CT molecular complexity index is 485. The van der Waals surface area contributed by atoms with Gasteiger partial charge >= 0.3 is 0 Å². The first-order valence-electron chi connectivity index (χ1n) is 7.97. The zero-order chi connectivity index (χ0) is 16.1. The van der Waals surface area contributed by atoms with E-state index in [2.05, 4.69) is 47.9 Å². The second-order valence-electron chi connectivity index (χ2n) is 5.82. The number of anilines is 1. The molecule has 1 atom stereocenters. The van der Waals surface area contributed by atoms with Gasteiger partial charge in [0.15, 0.2) is 0 Å². The Morgan fingerprint density at radius 3 is 2.36 bits per heavy atom. The van der Waals surface area contributed by atoms with Crippen molar-refractivity contribution < 1.29 is 4.79 Å². The minimum absolute atomic E-state index is 0.165. The molecule has 122 valence electrons. The van der Waals surface area contributed by atoms with Gasteiger partial charge in [-0.25, -0.2) is 0 Å². The second-order valence-corrected chi connectivity index (χ2v) is 6.89. The molecule has 1 saturated heterocycles. The molecule has 1 amide bonds. The molecule has 1 fully saturated rings. The van der Waals surface area contributed by atoms with Crippen LogP contribution in [0.4, 0.5) is 5.69 Å². The number of thioether (sulfide) groups is 1. The molecule has 1 aromatic carbocycles. The van der Waals surface area contributed by atoms with Gasteiger partial charge in [0, 0.05) is 31.9 Å². The number of carbonyl (C=O) groups is 1. The summed E-state index contributed by atoms with van der Waals surface area (Å²) in [5, 5.41) is 0.165. The van der Waals surface area contributed by atoms with Crippen LogP contribution in [0.15, 0.2) is 24.3 Å². The molecular formula is C17H27N3OS. The number of amides is 1. The van der Waals surface area contributed by atoms with Gasteiger partial charge in [0.2, 0.25) is 5.91 Å². The smallest absolute Gasteiger partial charge is 0.233 e. The third-order valence-corrected chi connectivity index (χ3v) is 5.32. The van der Waals surface area contributed by atoms with Gasteiger partial charge < -0.3 is 14.7 Å². The highest BCUT2D eigenvalue weighted by Crippen LogP contribution is 2.38. The second kappa shape index (κ2) is 7.88. The van der Waals surface area contributed by atoms with Crippen LogP contribution in [0.3, 0.4) is 0 Å². The third-order valence-electron chi connectivity index (χ3n) is 4.06. The highest BCUT2D eigenvalue weighted by molar-refractivity contribution is 8.00. The van der Waals surface area contributed by atoms with E-state index in [1.165, 1.54) is 11.3 Å². The topological polar surface area (TPSA) is 26.8 Å². The maximum absolute atomic E-state index is 12.1. The summed E-state index contributed by atoms with van der Waals surface area (Å²) in [7, 11) is 4.09. The van der Waals surface area contributed by atoms with E-state index >= 15 is 0 Å². The Morgan fingerprint density at radius 1 is 1.18 bits per heavy atom. The van der Waals surface area contributed by atoms with E-state index in [0.29, 0.717) is 5.75 Å². The summed E-state index contributed by atoms with van der Waals surface area (Å²) in [4.78, 5) is 18.6. The zero-order valence-corrected chi connectivity index (χ0v) is 14.9. The minimum atomic E-state index is 0.165. The average Bonchev–Trinajstić information content (AvgIpc) is 2.88. The van der Waals surface area contributed by atoms with Crippen molar-refractivity contribution in [2.75, 3.05) is 50.9 Å². The molecule has 0 bridgehead atoms. The average molecular weight is 321 g/mol. The number of nitrogens with zero attached hydrogens (tertiary/aromatic N) is 3. The van der Waals surface area contributed by atoms with E-state index in [-0.39, 0.29) is 11.3 Å². The largest absolute Gasteiger partial charge is 0.372 e. The van der Waals surface area contributed by atoms with Gasteiger partial charge in [-0.05, 0) is 45.6 Å². The molecular weight excluding hydrogens is 294 g/mol. The first kappa shape index (κ1) is 17.2. The number of likely N-dealkylation sites (N-methyl/N-ethyl adjacent to an activating group) is 1.